The van der Waals surface area contributed by atoms with Crippen LogP contribution in [0.5, 0.6) is 11.7 Å². The van der Waals surface area contributed by atoms with Gasteiger partial charge in [0.25, 0.3) is 5.95 Å². The highest BCUT2D eigenvalue weighted by molar-refractivity contribution is 5.94. The quantitative estimate of drug-likeness (QED) is 0.748. The van der Waals surface area contributed by atoms with Crippen LogP contribution >= 0.6 is 0 Å². The zero-order chi connectivity index (χ0) is 12.5. The van der Waals surface area contributed by atoms with Crippen molar-refractivity contribution >= 4 is 10.9 Å². The molecule has 0 radical (unpaired) electrons. The van der Waals surface area contributed by atoms with Crippen molar-refractivity contribution in [1.82, 2.24) is 4.98 Å². The lowest BCUT2D eigenvalue weighted by atomic mass is 10.1. The number of aromatic hydroxyl groups is 1. The summed E-state index contributed by atoms with van der Waals surface area (Å²) >= 11 is 0. The Labute approximate surface area is 103 Å². The first kappa shape index (κ1) is 10.7. The summed E-state index contributed by atoms with van der Waals surface area (Å²) in [6.07, 6.45) is 1.67. The molecule has 0 amide bonds. The van der Waals surface area contributed by atoms with Crippen LogP contribution in [0.4, 0.5) is 0 Å². The number of nitrogens with zero attached hydrogens (tertiary/aromatic N) is 1. The average Bonchev–Trinajstić information content (AvgIpc) is 2.77. The topological polar surface area (TPSA) is 55.5 Å². The lowest BCUT2D eigenvalue weighted by Crippen LogP contribution is -1.82. The predicted octanol–water partition coefficient (Wildman–Crippen LogP) is 3.21. The van der Waals surface area contributed by atoms with Crippen LogP contribution in [-0.4, -0.2) is 17.2 Å². The second-order valence-corrected chi connectivity index (χ2v) is 3.86. The molecule has 1 aromatic carbocycles. The minimum absolute atomic E-state index is 0.107. The van der Waals surface area contributed by atoms with E-state index in [0.717, 1.165) is 11.3 Å². The second-order valence-electron chi connectivity index (χ2n) is 3.86. The number of rotatable bonds is 2. The van der Waals surface area contributed by atoms with Crippen LogP contribution in [0.1, 0.15) is 0 Å². The summed E-state index contributed by atoms with van der Waals surface area (Å²) in [7, 11) is 1.62. The Morgan fingerprint density at radius 3 is 2.67 bits per heavy atom. The lowest BCUT2D eigenvalue weighted by molar-refractivity contribution is 0.343. The fourth-order valence-corrected chi connectivity index (χ4v) is 1.90. The second kappa shape index (κ2) is 4.07. The molecule has 0 saturated carbocycles. The third-order valence-electron chi connectivity index (χ3n) is 2.80. The minimum atomic E-state index is -0.107. The molecule has 4 nitrogen and oxygen atoms in total. The molecule has 18 heavy (non-hydrogen) atoms. The zero-order valence-corrected chi connectivity index (χ0v) is 9.75. The molecule has 2 aromatic heterocycles. The first-order chi connectivity index (χ1) is 8.79. The first-order valence-corrected chi connectivity index (χ1v) is 5.50. The molecule has 0 aliphatic carbocycles. The van der Waals surface area contributed by atoms with Crippen LogP contribution in [-0.2, 0) is 0 Å². The van der Waals surface area contributed by atoms with Crippen molar-refractivity contribution in [1.29, 1.82) is 0 Å². The van der Waals surface area contributed by atoms with E-state index in [-0.39, 0.29) is 5.95 Å². The van der Waals surface area contributed by atoms with Gasteiger partial charge in [-0.25, -0.2) is 0 Å². The fraction of sp³-hybridized carbons (Fsp3) is 0.0714. The first-order valence-electron chi connectivity index (χ1n) is 5.50. The predicted molar refractivity (Wildman–Crippen MR) is 67.7 cm³/mol. The normalized spacial score (nSPS) is 10.7. The summed E-state index contributed by atoms with van der Waals surface area (Å²) < 4.78 is 10.5. The molecule has 90 valence electrons. The maximum absolute atomic E-state index is 9.72. The number of aromatic nitrogens is 1. The Bertz CT molecular complexity index is 686. The molecule has 0 atom stereocenters. The van der Waals surface area contributed by atoms with Gasteiger partial charge >= 0.3 is 0 Å². The lowest BCUT2D eigenvalue weighted by Gasteiger charge is -2.00. The van der Waals surface area contributed by atoms with Crippen molar-refractivity contribution in [3.8, 4) is 23.0 Å². The van der Waals surface area contributed by atoms with Crippen LogP contribution < -0.4 is 4.74 Å². The molecular weight excluding hydrogens is 230 g/mol. The molecule has 0 bridgehead atoms. The number of ether oxygens (including phenoxy) is 1. The molecule has 0 fully saturated rings. The van der Waals surface area contributed by atoms with Gasteiger partial charge in [0.1, 0.15) is 11.3 Å². The highest BCUT2D eigenvalue weighted by atomic mass is 16.5. The Morgan fingerprint density at radius 2 is 1.94 bits per heavy atom. The Balaban J connectivity index is 2.18. The molecule has 0 saturated heterocycles. The molecule has 0 aliphatic heterocycles. The number of hydrogen-bond donors (Lipinski definition) is 1. The molecular formula is C14H11NO3. The van der Waals surface area contributed by atoms with Gasteiger partial charge in [-0.1, -0.05) is 0 Å². The van der Waals surface area contributed by atoms with E-state index in [1.165, 1.54) is 0 Å². The van der Waals surface area contributed by atoms with Gasteiger partial charge in [0.2, 0.25) is 0 Å². The fourth-order valence-electron chi connectivity index (χ4n) is 1.90. The summed E-state index contributed by atoms with van der Waals surface area (Å²) in [6, 6.07) is 10.9. The van der Waals surface area contributed by atoms with Crippen LogP contribution in [0.2, 0.25) is 0 Å². The average molecular weight is 241 g/mol. The molecule has 3 rings (SSSR count). The van der Waals surface area contributed by atoms with Gasteiger partial charge in [-0.2, -0.15) is 0 Å². The number of fused-ring (bicyclic) bond motifs is 1. The summed E-state index contributed by atoms with van der Waals surface area (Å²) in [5.41, 5.74) is 1.50. The summed E-state index contributed by atoms with van der Waals surface area (Å²) in [4.78, 5) is 4.24. The van der Waals surface area contributed by atoms with E-state index in [1.54, 1.807) is 25.4 Å². The van der Waals surface area contributed by atoms with Gasteiger partial charge in [0.15, 0.2) is 5.76 Å². The highest BCUT2D eigenvalue weighted by Gasteiger charge is 2.14. The molecule has 0 spiro atoms. The van der Waals surface area contributed by atoms with Gasteiger partial charge < -0.3 is 14.3 Å². The number of pyridine rings is 1. The number of benzene rings is 1. The van der Waals surface area contributed by atoms with Gasteiger partial charge in [-0.15, -0.1) is 0 Å². The summed E-state index contributed by atoms with van der Waals surface area (Å²) in [5, 5.41) is 10.3. The molecule has 4 heteroatoms. The maximum atomic E-state index is 9.72. The smallest absolute Gasteiger partial charge is 0.292 e. The van der Waals surface area contributed by atoms with Crippen LogP contribution in [0, 0.1) is 0 Å². The summed E-state index contributed by atoms with van der Waals surface area (Å²) in [6.45, 7) is 0. The van der Waals surface area contributed by atoms with Gasteiger partial charge in [-0.05, 0) is 36.4 Å². The van der Waals surface area contributed by atoms with Crippen LogP contribution in [0.15, 0.2) is 47.0 Å². The van der Waals surface area contributed by atoms with E-state index in [0.29, 0.717) is 16.7 Å². The van der Waals surface area contributed by atoms with E-state index in [1.807, 2.05) is 24.3 Å². The maximum Gasteiger partial charge on any atom is 0.292 e. The van der Waals surface area contributed by atoms with Gasteiger partial charge in [0, 0.05) is 11.8 Å². The van der Waals surface area contributed by atoms with Crippen molar-refractivity contribution in [2.45, 2.75) is 0 Å². The zero-order valence-electron chi connectivity index (χ0n) is 9.75. The monoisotopic (exact) mass is 241 g/mol. The largest absolute Gasteiger partial charge is 0.497 e. The molecule has 1 N–H and O–H groups in total. The minimum Gasteiger partial charge on any atom is -0.497 e. The number of furan rings is 1. The van der Waals surface area contributed by atoms with Gasteiger partial charge in [-0.3, -0.25) is 4.98 Å². The number of hydrogen-bond acceptors (Lipinski definition) is 4. The van der Waals surface area contributed by atoms with Crippen molar-refractivity contribution in [2.75, 3.05) is 7.11 Å². The summed E-state index contributed by atoms with van der Waals surface area (Å²) in [5.74, 6) is 1.22. The third-order valence-corrected chi connectivity index (χ3v) is 2.80. The van der Waals surface area contributed by atoms with E-state index < -0.39 is 0 Å². The van der Waals surface area contributed by atoms with Gasteiger partial charge in [0.05, 0.1) is 12.5 Å². The molecule has 0 aliphatic rings. The van der Waals surface area contributed by atoms with Crippen molar-refractivity contribution in [3.05, 3.63) is 42.6 Å². The van der Waals surface area contributed by atoms with Crippen LogP contribution in [0.3, 0.4) is 0 Å². The van der Waals surface area contributed by atoms with Crippen molar-refractivity contribution in [3.63, 3.8) is 0 Å². The van der Waals surface area contributed by atoms with E-state index >= 15 is 0 Å². The van der Waals surface area contributed by atoms with Crippen LogP contribution in [0.25, 0.3) is 22.2 Å². The third kappa shape index (κ3) is 1.59. The van der Waals surface area contributed by atoms with Crippen molar-refractivity contribution < 1.29 is 14.3 Å². The SMILES string of the molecule is COc1ccc(-c2oc(O)c3cccnc23)cc1. The molecule has 2 heterocycles. The Morgan fingerprint density at radius 1 is 1.17 bits per heavy atom. The molecule has 3 aromatic rings. The van der Waals surface area contributed by atoms with Crippen molar-refractivity contribution in [2.24, 2.45) is 0 Å². The van der Waals surface area contributed by atoms with E-state index in [9.17, 15) is 5.11 Å². The number of methoxy groups -OCH3 is 1. The molecule has 0 unspecified atom stereocenters. The van der Waals surface area contributed by atoms with E-state index in [2.05, 4.69) is 4.98 Å². The standard InChI is InChI=1S/C14H11NO3/c1-17-10-6-4-9(5-7-10)13-12-11(14(16)18-13)3-2-8-15-12/h2-8,16H,1H3. The Kier molecular flexibility index (Phi) is 2.41. The Hall–Kier alpha value is -2.49. The highest BCUT2D eigenvalue weighted by Crippen LogP contribution is 2.36. The van der Waals surface area contributed by atoms with E-state index in [4.69, 9.17) is 9.15 Å².